The molecule has 2 aromatic carbocycles. The van der Waals surface area contributed by atoms with E-state index in [0.29, 0.717) is 43.4 Å². The van der Waals surface area contributed by atoms with Crippen LogP contribution >= 0.6 is 0 Å². The van der Waals surface area contributed by atoms with Gasteiger partial charge < -0.3 is 15.0 Å². The van der Waals surface area contributed by atoms with Gasteiger partial charge in [-0.25, -0.2) is 18.7 Å². The van der Waals surface area contributed by atoms with Crippen LogP contribution in [0.25, 0.3) is 0 Å². The van der Waals surface area contributed by atoms with Crippen LogP contribution in [-0.2, 0) is 11.3 Å². The first-order chi connectivity index (χ1) is 15.5. The molecule has 1 saturated heterocycles. The number of amides is 1. The molecule has 166 valence electrons. The lowest BCUT2D eigenvalue weighted by molar-refractivity contribution is -0.125. The van der Waals surface area contributed by atoms with Crippen molar-refractivity contribution in [3.63, 3.8) is 0 Å². The van der Waals surface area contributed by atoms with Gasteiger partial charge in [-0.05, 0) is 43.5 Å². The molecule has 0 unspecified atom stereocenters. The maximum absolute atomic E-state index is 13.8. The zero-order chi connectivity index (χ0) is 22.5. The van der Waals surface area contributed by atoms with E-state index in [4.69, 9.17) is 4.74 Å². The van der Waals surface area contributed by atoms with Crippen LogP contribution in [-0.4, -0.2) is 29.0 Å². The van der Waals surface area contributed by atoms with Gasteiger partial charge in [-0.3, -0.25) is 4.79 Å². The SMILES string of the molecule is Cc1cccc(Oc2nccnc2N2CCC(C(=O)NCc3ccc(F)cc3F)CC2)c1. The Balaban J connectivity index is 1.35. The van der Waals surface area contributed by atoms with Gasteiger partial charge in [0.15, 0.2) is 5.82 Å². The first-order valence-electron chi connectivity index (χ1n) is 10.5. The minimum absolute atomic E-state index is 0.0315. The normalized spacial score (nSPS) is 14.3. The molecule has 1 fully saturated rings. The quantitative estimate of drug-likeness (QED) is 0.618. The van der Waals surface area contributed by atoms with E-state index in [2.05, 4.69) is 20.2 Å². The molecular formula is C24H24F2N4O2. The van der Waals surface area contributed by atoms with E-state index in [1.54, 1.807) is 12.4 Å². The van der Waals surface area contributed by atoms with Gasteiger partial charge in [0.05, 0.1) is 0 Å². The average Bonchev–Trinajstić information content (AvgIpc) is 2.79. The monoisotopic (exact) mass is 438 g/mol. The van der Waals surface area contributed by atoms with Gasteiger partial charge in [0.25, 0.3) is 5.88 Å². The maximum Gasteiger partial charge on any atom is 0.263 e. The average molecular weight is 438 g/mol. The zero-order valence-corrected chi connectivity index (χ0v) is 17.7. The Labute approximate surface area is 185 Å². The molecule has 1 aliphatic heterocycles. The molecule has 0 atom stereocenters. The molecule has 0 saturated carbocycles. The number of aryl methyl sites for hydroxylation is 1. The first kappa shape index (κ1) is 21.7. The van der Waals surface area contributed by atoms with Gasteiger partial charge in [-0.15, -0.1) is 0 Å². The summed E-state index contributed by atoms with van der Waals surface area (Å²) >= 11 is 0. The summed E-state index contributed by atoms with van der Waals surface area (Å²) in [6.45, 7) is 3.26. The molecular weight excluding hydrogens is 414 g/mol. The van der Waals surface area contributed by atoms with Crippen LogP contribution in [0.4, 0.5) is 14.6 Å². The van der Waals surface area contributed by atoms with E-state index in [1.165, 1.54) is 12.1 Å². The van der Waals surface area contributed by atoms with E-state index in [-0.39, 0.29) is 23.9 Å². The third-order valence-corrected chi connectivity index (χ3v) is 5.48. The van der Waals surface area contributed by atoms with Crippen molar-refractivity contribution in [1.29, 1.82) is 0 Å². The van der Waals surface area contributed by atoms with Crippen molar-refractivity contribution in [2.24, 2.45) is 5.92 Å². The lowest BCUT2D eigenvalue weighted by Crippen LogP contribution is -2.40. The van der Waals surface area contributed by atoms with Crippen LogP contribution in [0.1, 0.15) is 24.0 Å². The van der Waals surface area contributed by atoms with E-state index in [9.17, 15) is 13.6 Å². The van der Waals surface area contributed by atoms with Gasteiger partial charge in [0.2, 0.25) is 5.91 Å². The van der Waals surface area contributed by atoms with Crippen LogP contribution < -0.4 is 15.0 Å². The molecule has 6 nitrogen and oxygen atoms in total. The number of aromatic nitrogens is 2. The van der Waals surface area contributed by atoms with Crippen molar-refractivity contribution in [3.8, 4) is 11.6 Å². The van der Waals surface area contributed by atoms with Crippen LogP contribution in [0.3, 0.4) is 0 Å². The number of anilines is 1. The van der Waals surface area contributed by atoms with Gasteiger partial charge in [-0.1, -0.05) is 18.2 Å². The highest BCUT2D eigenvalue weighted by molar-refractivity contribution is 5.79. The highest BCUT2D eigenvalue weighted by Gasteiger charge is 2.27. The van der Waals surface area contributed by atoms with E-state index in [1.807, 2.05) is 31.2 Å². The van der Waals surface area contributed by atoms with E-state index >= 15 is 0 Å². The predicted molar refractivity (Wildman–Crippen MR) is 116 cm³/mol. The second-order valence-electron chi connectivity index (χ2n) is 7.82. The Bertz CT molecular complexity index is 1100. The lowest BCUT2D eigenvalue weighted by Gasteiger charge is -2.32. The second kappa shape index (κ2) is 9.72. The van der Waals surface area contributed by atoms with Crippen molar-refractivity contribution in [2.45, 2.75) is 26.3 Å². The largest absolute Gasteiger partial charge is 0.436 e. The number of carbonyl (C=O) groups is 1. The maximum atomic E-state index is 13.8. The molecule has 1 aromatic heterocycles. The van der Waals surface area contributed by atoms with Crippen LogP contribution in [0, 0.1) is 24.5 Å². The zero-order valence-electron chi connectivity index (χ0n) is 17.7. The smallest absolute Gasteiger partial charge is 0.263 e. The minimum atomic E-state index is -0.663. The lowest BCUT2D eigenvalue weighted by atomic mass is 9.96. The molecule has 0 radical (unpaired) electrons. The molecule has 3 aromatic rings. The van der Waals surface area contributed by atoms with Crippen LogP contribution in [0.2, 0.25) is 0 Å². The summed E-state index contributed by atoms with van der Waals surface area (Å²) in [6, 6.07) is 11.0. The molecule has 2 heterocycles. The van der Waals surface area contributed by atoms with Gasteiger partial charge >= 0.3 is 0 Å². The standard InChI is InChI=1S/C24H24F2N4O2/c1-16-3-2-4-20(13-16)32-24-22(27-9-10-28-24)30-11-7-17(8-12-30)23(31)29-15-18-5-6-19(25)14-21(18)26/h2-6,9-10,13-14,17H,7-8,11-12,15H2,1H3,(H,29,31). The van der Waals surface area contributed by atoms with Gasteiger partial charge in [-0.2, -0.15) is 0 Å². The number of piperidine rings is 1. The predicted octanol–water partition coefficient (Wildman–Crippen LogP) is 4.39. The van der Waals surface area contributed by atoms with Crippen molar-refractivity contribution in [3.05, 3.63) is 77.6 Å². The summed E-state index contributed by atoms with van der Waals surface area (Å²) in [7, 11) is 0. The third kappa shape index (κ3) is 5.19. The summed E-state index contributed by atoms with van der Waals surface area (Å²) in [5, 5.41) is 2.76. The van der Waals surface area contributed by atoms with Crippen molar-refractivity contribution in [1.82, 2.24) is 15.3 Å². The number of nitrogens with one attached hydrogen (secondary N) is 1. The number of benzene rings is 2. The topological polar surface area (TPSA) is 67.4 Å². The highest BCUT2D eigenvalue weighted by Crippen LogP contribution is 2.31. The Morgan fingerprint density at radius 1 is 1.12 bits per heavy atom. The molecule has 1 aliphatic rings. The fourth-order valence-electron chi connectivity index (χ4n) is 3.74. The molecule has 0 spiro atoms. The molecule has 1 amide bonds. The van der Waals surface area contributed by atoms with Crippen LogP contribution in [0.15, 0.2) is 54.9 Å². The molecule has 32 heavy (non-hydrogen) atoms. The number of rotatable bonds is 6. The Morgan fingerprint density at radius 3 is 2.66 bits per heavy atom. The number of hydrogen-bond donors (Lipinski definition) is 1. The third-order valence-electron chi connectivity index (χ3n) is 5.48. The van der Waals surface area contributed by atoms with Crippen molar-refractivity contribution >= 4 is 11.7 Å². The Kier molecular flexibility index (Phi) is 6.58. The van der Waals surface area contributed by atoms with Crippen molar-refractivity contribution < 1.29 is 18.3 Å². The molecule has 1 N–H and O–H groups in total. The number of carbonyl (C=O) groups excluding carboxylic acids is 1. The minimum Gasteiger partial charge on any atom is -0.436 e. The summed E-state index contributed by atoms with van der Waals surface area (Å²) in [5.74, 6) is 0.128. The van der Waals surface area contributed by atoms with E-state index < -0.39 is 11.6 Å². The molecule has 0 bridgehead atoms. The number of nitrogens with zero attached hydrogens (tertiary/aromatic N) is 3. The highest BCUT2D eigenvalue weighted by atomic mass is 19.1. The van der Waals surface area contributed by atoms with E-state index in [0.717, 1.165) is 11.6 Å². The summed E-state index contributed by atoms with van der Waals surface area (Å²) in [5.41, 5.74) is 1.34. The van der Waals surface area contributed by atoms with Crippen molar-refractivity contribution in [2.75, 3.05) is 18.0 Å². The number of halogens is 2. The molecule has 8 heteroatoms. The van der Waals surface area contributed by atoms with Gasteiger partial charge in [0, 0.05) is 49.6 Å². The second-order valence-corrected chi connectivity index (χ2v) is 7.82. The molecule has 4 rings (SSSR count). The molecule has 0 aliphatic carbocycles. The number of hydrogen-bond acceptors (Lipinski definition) is 5. The fraction of sp³-hybridized carbons (Fsp3) is 0.292. The van der Waals surface area contributed by atoms with Gasteiger partial charge in [0.1, 0.15) is 17.4 Å². The Morgan fingerprint density at radius 2 is 1.91 bits per heavy atom. The summed E-state index contributed by atoms with van der Waals surface area (Å²) in [6.07, 6.45) is 4.45. The first-order valence-corrected chi connectivity index (χ1v) is 10.5. The Hall–Kier alpha value is -3.55. The summed E-state index contributed by atoms with van der Waals surface area (Å²) in [4.78, 5) is 23.4. The van der Waals surface area contributed by atoms with Crippen LogP contribution in [0.5, 0.6) is 11.6 Å². The summed E-state index contributed by atoms with van der Waals surface area (Å²) < 4.78 is 32.8. The number of ether oxygens (including phenoxy) is 1. The fourth-order valence-corrected chi connectivity index (χ4v) is 3.74.